The molecule has 0 radical (unpaired) electrons. The zero-order valence-electron chi connectivity index (χ0n) is 16.9. The van der Waals surface area contributed by atoms with Crippen LogP contribution in [0, 0.1) is 46.3 Å². The molecule has 142 valence electrons. The van der Waals surface area contributed by atoms with Gasteiger partial charge in [0.2, 0.25) is 0 Å². The maximum absolute atomic E-state index is 10.0. The van der Waals surface area contributed by atoms with Gasteiger partial charge in [0.15, 0.2) is 0 Å². The Kier molecular flexibility index (Phi) is 6.87. The second kappa shape index (κ2) is 8.92. The van der Waals surface area contributed by atoms with Gasteiger partial charge in [-0.05, 0) is 87.4 Å². The SMILES string of the molecule is CCC[C@@]1(C#N)CCCC[C@H]1C1CCC([C@H]2CC[C@H](CC)CC2)CC1. The first-order valence-corrected chi connectivity index (χ1v) is 11.6. The zero-order valence-corrected chi connectivity index (χ0v) is 16.9. The highest BCUT2D eigenvalue weighted by atomic mass is 14.5. The molecule has 0 heterocycles. The van der Waals surface area contributed by atoms with Crippen molar-refractivity contribution in [2.24, 2.45) is 35.0 Å². The Morgan fingerprint density at radius 2 is 1.40 bits per heavy atom. The Hall–Kier alpha value is -0.510. The largest absolute Gasteiger partial charge is 0.198 e. The van der Waals surface area contributed by atoms with Crippen LogP contribution >= 0.6 is 0 Å². The molecule has 1 heteroatoms. The van der Waals surface area contributed by atoms with Gasteiger partial charge in [-0.3, -0.25) is 0 Å². The van der Waals surface area contributed by atoms with Crippen LogP contribution in [0.25, 0.3) is 0 Å². The van der Waals surface area contributed by atoms with E-state index >= 15 is 0 Å². The zero-order chi connectivity index (χ0) is 17.7. The molecule has 0 aromatic rings. The Morgan fingerprint density at radius 1 is 0.800 bits per heavy atom. The smallest absolute Gasteiger partial charge is 0.0692 e. The van der Waals surface area contributed by atoms with E-state index in [1.807, 2.05) is 0 Å². The Morgan fingerprint density at radius 3 is 1.96 bits per heavy atom. The molecule has 3 rings (SSSR count). The molecule has 3 aliphatic carbocycles. The van der Waals surface area contributed by atoms with Gasteiger partial charge in [-0.25, -0.2) is 0 Å². The Labute approximate surface area is 157 Å². The third-order valence-electron chi connectivity index (χ3n) is 8.54. The predicted molar refractivity (Wildman–Crippen MR) is 106 cm³/mol. The van der Waals surface area contributed by atoms with Crippen LogP contribution in [0.15, 0.2) is 0 Å². The summed E-state index contributed by atoms with van der Waals surface area (Å²) in [5.74, 6) is 4.64. The lowest BCUT2D eigenvalue weighted by Crippen LogP contribution is -2.39. The van der Waals surface area contributed by atoms with E-state index in [9.17, 15) is 5.26 Å². The average Bonchev–Trinajstić information content (AvgIpc) is 2.69. The molecule has 0 amide bonds. The van der Waals surface area contributed by atoms with Crippen molar-refractivity contribution in [2.75, 3.05) is 0 Å². The van der Waals surface area contributed by atoms with Crippen LogP contribution in [-0.4, -0.2) is 0 Å². The van der Waals surface area contributed by atoms with Crippen LogP contribution in [0.1, 0.15) is 110 Å². The van der Waals surface area contributed by atoms with E-state index in [-0.39, 0.29) is 5.41 Å². The van der Waals surface area contributed by atoms with Gasteiger partial charge in [0.05, 0.1) is 11.5 Å². The lowest BCUT2D eigenvalue weighted by molar-refractivity contribution is 0.0460. The number of nitriles is 1. The molecule has 0 N–H and O–H groups in total. The van der Waals surface area contributed by atoms with Crippen molar-refractivity contribution in [3.8, 4) is 6.07 Å². The van der Waals surface area contributed by atoms with Crippen LogP contribution in [0.4, 0.5) is 0 Å². The molecular formula is C24H41N. The minimum atomic E-state index is 0.0314. The predicted octanol–water partition coefficient (Wildman–Crippen LogP) is 7.51. The summed E-state index contributed by atoms with van der Waals surface area (Å²) in [5.41, 5.74) is 0.0314. The van der Waals surface area contributed by atoms with Crippen LogP contribution in [-0.2, 0) is 0 Å². The molecule has 0 bridgehead atoms. The lowest BCUT2D eigenvalue weighted by Gasteiger charge is -2.46. The van der Waals surface area contributed by atoms with Crippen molar-refractivity contribution in [1.29, 1.82) is 5.26 Å². The molecule has 2 atom stereocenters. The standard InChI is InChI=1S/C24H41N/c1-3-16-24(18-25)17-6-5-7-23(24)22-14-12-21(13-15-22)20-10-8-19(4-2)9-11-20/h19-23H,3-17H2,1-2H3/t19-,20-,21?,22?,23-,24-/m0/s1. The first-order valence-electron chi connectivity index (χ1n) is 11.6. The highest BCUT2D eigenvalue weighted by molar-refractivity contribution is 5.06. The van der Waals surface area contributed by atoms with Crippen LogP contribution in [0.3, 0.4) is 0 Å². The summed E-state index contributed by atoms with van der Waals surface area (Å²) in [7, 11) is 0. The Balaban J connectivity index is 1.55. The Bertz CT molecular complexity index is 430. The fourth-order valence-corrected chi connectivity index (χ4v) is 6.99. The summed E-state index contributed by atoms with van der Waals surface area (Å²) < 4.78 is 0. The maximum atomic E-state index is 10.0. The van der Waals surface area contributed by atoms with E-state index in [1.165, 1.54) is 89.9 Å². The highest BCUT2D eigenvalue weighted by Crippen LogP contribution is 2.52. The first kappa shape index (κ1) is 19.3. The van der Waals surface area contributed by atoms with Crippen molar-refractivity contribution < 1.29 is 0 Å². The van der Waals surface area contributed by atoms with Gasteiger partial charge in [-0.2, -0.15) is 5.26 Å². The first-order chi connectivity index (χ1) is 12.2. The van der Waals surface area contributed by atoms with Gasteiger partial charge in [-0.1, -0.05) is 52.4 Å². The van der Waals surface area contributed by atoms with E-state index in [4.69, 9.17) is 0 Å². The van der Waals surface area contributed by atoms with Crippen molar-refractivity contribution in [1.82, 2.24) is 0 Å². The van der Waals surface area contributed by atoms with Gasteiger partial charge >= 0.3 is 0 Å². The quantitative estimate of drug-likeness (QED) is 0.506. The normalized spacial score (nSPS) is 42.7. The van der Waals surface area contributed by atoms with E-state index in [0.717, 1.165) is 30.1 Å². The van der Waals surface area contributed by atoms with Crippen molar-refractivity contribution >= 4 is 0 Å². The molecule has 0 saturated heterocycles. The summed E-state index contributed by atoms with van der Waals surface area (Å²) in [4.78, 5) is 0. The van der Waals surface area contributed by atoms with Crippen LogP contribution in [0.2, 0.25) is 0 Å². The molecule has 0 aromatic carbocycles. The van der Waals surface area contributed by atoms with E-state index in [0.29, 0.717) is 5.92 Å². The summed E-state index contributed by atoms with van der Waals surface area (Å²) in [6.07, 6.45) is 20.7. The van der Waals surface area contributed by atoms with Gasteiger partial charge in [-0.15, -0.1) is 0 Å². The van der Waals surface area contributed by atoms with Crippen LogP contribution in [0.5, 0.6) is 0 Å². The summed E-state index contributed by atoms with van der Waals surface area (Å²) in [6.45, 7) is 4.65. The second-order valence-electron chi connectivity index (χ2n) is 9.73. The monoisotopic (exact) mass is 343 g/mol. The minimum absolute atomic E-state index is 0.0314. The summed E-state index contributed by atoms with van der Waals surface area (Å²) in [5, 5.41) is 10.0. The molecule has 0 unspecified atom stereocenters. The van der Waals surface area contributed by atoms with Crippen LogP contribution < -0.4 is 0 Å². The molecule has 0 aromatic heterocycles. The molecule has 1 nitrogen and oxygen atoms in total. The maximum Gasteiger partial charge on any atom is 0.0692 e. The lowest BCUT2D eigenvalue weighted by atomic mass is 9.57. The van der Waals surface area contributed by atoms with Crippen molar-refractivity contribution in [2.45, 2.75) is 110 Å². The molecule has 25 heavy (non-hydrogen) atoms. The number of rotatable bonds is 5. The van der Waals surface area contributed by atoms with E-state index < -0.39 is 0 Å². The highest BCUT2D eigenvalue weighted by Gasteiger charge is 2.45. The number of hydrogen-bond acceptors (Lipinski definition) is 1. The van der Waals surface area contributed by atoms with E-state index in [1.54, 1.807) is 0 Å². The van der Waals surface area contributed by atoms with Crippen molar-refractivity contribution in [3.63, 3.8) is 0 Å². The third-order valence-corrected chi connectivity index (χ3v) is 8.54. The summed E-state index contributed by atoms with van der Waals surface area (Å²) in [6, 6.07) is 2.85. The molecule has 3 aliphatic rings. The molecule has 0 aliphatic heterocycles. The fourth-order valence-electron chi connectivity index (χ4n) is 6.99. The number of hydrogen-bond donors (Lipinski definition) is 0. The topological polar surface area (TPSA) is 23.8 Å². The molecule has 3 fully saturated rings. The van der Waals surface area contributed by atoms with Gasteiger partial charge < -0.3 is 0 Å². The minimum Gasteiger partial charge on any atom is -0.198 e. The van der Waals surface area contributed by atoms with Crippen molar-refractivity contribution in [3.05, 3.63) is 0 Å². The fraction of sp³-hybridized carbons (Fsp3) is 0.958. The number of nitrogens with zero attached hydrogens (tertiary/aromatic N) is 1. The van der Waals surface area contributed by atoms with Gasteiger partial charge in [0, 0.05) is 0 Å². The third kappa shape index (κ3) is 4.26. The molecular weight excluding hydrogens is 302 g/mol. The van der Waals surface area contributed by atoms with Gasteiger partial charge in [0.1, 0.15) is 0 Å². The van der Waals surface area contributed by atoms with Gasteiger partial charge in [0.25, 0.3) is 0 Å². The average molecular weight is 344 g/mol. The second-order valence-corrected chi connectivity index (χ2v) is 9.73. The van der Waals surface area contributed by atoms with E-state index in [2.05, 4.69) is 19.9 Å². The molecule has 3 saturated carbocycles. The summed E-state index contributed by atoms with van der Waals surface area (Å²) >= 11 is 0. The molecule has 0 spiro atoms.